The predicted octanol–water partition coefficient (Wildman–Crippen LogP) is 1.80. The maximum Gasteiger partial charge on any atom is 0.223 e. The van der Waals surface area contributed by atoms with Crippen molar-refractivity contribution < 1.29 is 4.79 Å². The van der Waals surface area contributed by atoms with Crippen LogP contribution in [0.15, 0.2) is 36.8 Å². The highest BCUT2D eigenvalue weighted by Gasteiger charge is 2.53. The van der Waals surface area contributed by atoms with Crippen LogP contribution in [-0.4, -0.2) is 51.2 Å². The molecule has 2 aromatic heterocycles. The summed E-state index contributed by atoms with van der Waals surface area (Å²) in [6, 6.07) is 6.02. The molecule has 0 saturated carbocycles. The Balaban J connectivity index is 1.60. The van der Waals surface area contributed by atoms with Crippen LogP contribution in [0.4, 0.5) is 5.82 Å². The molecule has 6 heteroatoms. The summed E-state index contributed by atoms with van der Waals surface area (Å²) in [4.78, 5) is 21.2. The van der Waals surface area contributed by atoms with Crippen LogP contribution >= 0.6 is 0 Å². The molecular weight excluding hydrogens is 302 g/mol. The third-order valence-electron chi connectivity index (χ3n) is 5.80. The third-order valence-corrected chi connectivity index (χ3v) is 5.80. The number of rotatable bonds is 2. The van der Waals surface area contributed by atoms with Crippen molar-refractivity contribution in [2.24, 2.45) is 7.05 Å². The molecule has 2 aliphatic heterocycles. The lowest BCUT2D eigenvalue weighted by Crippen LogP contribution is -2.54. The molecule has 6 nitrogen and oxygen atoms in total. The van der Waals surface area contributed by atoms with Crippen LogP contribution in [0.25, 0.3) is 0 Å². The second kappa shape index (κ2) is 5.61. The first kappa shape index (κ1) is 15.2. The number of hydrogen-bond acceptors (Lipinski definition) is 4. The first-order valence-corrected chi connectivity index (χ1v) is 8.51. The lowest BCUT2D eigenvalue weighted by molar-refractivity contribution is -0.130. The van der Waals surface area contributed by atoms with Crippen LogP contribution in [0.1, 0.15) is 30.7 Å². The third kappa shape index (κ3) is 2.28. The van der Waals surface area contributed by atoms with Gasteiger partial charge >= 0.3 is 0 Å². The SMILES string of the molecule is CN1C(=O)CC(c2cnn(C)c2)C12CCN(c1ccccn1)CC2. The zero-order valence-electron chi connectivity index (χ0n) is 14.2. The summed E-state index contributed by atoms with van der Waals surface area (Å²) in [7, 11) is 3.90. The van der Waals surface area contributed by atoms with Crippen molar-refractivity contribution in [1.29, 1.82) is 0 Å². The fraction of sp³-hybridized carbons (Fsp3) is 0.500. The predicted molar refractivity (Wildman–Crippen MR) is 91.8 cm³/mol. The number of nitrogens with zero attached hydrogens (tertiary/aromatic N) is 5. The Kier molecular flexibility index (Phi) is 3.55. The summed E-state index contributed by atoms with van der Waals surface area (Å²) in [6.45, 7) is 1.84. The molecule has 0 aliphatic carbocycles. The Morgan fingerprint density at radius 3 is 2.62 bits per heavy atom. The van der Waals surface area contributed by atoms with Crippen molar-refractivity contribution in [3.8, 4) is 0 Å². The number of pyridine rings is 1. The summed E-state index contributed by atoms with van der Waals surface area (Å²) >= 11 is 0. The highest BCUT2D eigenvalue weighted by molar-refractivity contribution is 5.81. The summed E-state index contributed by atoms with van der Waals surface area (Å²) in [5, 5.41) is 4.32. The zero-order valence-corrected chi connectivity index (χ0v) is 14.2. The van der Waals surface area contributed by atoms with Crippen molar-refractivity contribution in [3.63, 3.8) is 0 Å². The molecule has 2 fully saturated rings. The molecule has 0 bridgehead atoms. The molecule has 0 aromatic carbocycles. The Morgan fingerprint density at radius 2 is 2.00 bits per heavy atom. The van der Waals surface area contributed by atoms with Crippen LogP contribution in [0.3, 0.4) is 0 Å². The molecule has 126 valence electrons. The standard InChI is InChI=1S/C18H23N5O/c1-21-13-14(12-20-21)15-11-17(24)22(2)18(15)6-9-23(10-7-18)16-5-3-4-8-19-16/h3-5,8,12-13,15H,6-7,9-11H2,1-2H3. The number of likely N-dealkylation sites (N-methyl/N-ethyl adjacent to an activating group) is 1. The van der Waals surface area contributed by atoms with E-state index in [1.54, 1.807) is 0 Å². The normalized spacial score (nSPS) is 23.2. The van der Waals surface area contributed by atoms with Crippen molar-refractivity contribution in [3.05, 3.63) is 42.4 Å². The number of likely N-dealkylation sites (tertiary alicyclic amines) is 1. The average molecular weight is 325 g/mol. The van der Waals surface area contributed by atoms with Gasteiger partial charge in [-0.1, -0.05) is 6.07 Å². The van der Waals surface area contributed by atoms with E-state index >= 15 is 0 Å². The van der Waals surface area contributed by atoms with Crippen molar-refractivity contribution in [2.45, 2.75) is 30.7 Å². The van der Waals surface area contributed by atoms with Gasteiger partial charge in [-0.2, -0.15) is 5.10 Å². The summed E-state index contributed by atoms with van der Waals surface area (Å²) < 4.78 is 1.83. The number of piperidine rings is 1. The minimum atomic E-state index is -0.0919. The molecule has 4 heterocycles. The van der Waals surface area contributed by atoms with Crippen LogP contribution < -0.4 is 4.90 Å². The average Bonchev–Trinajstić information content (AvgIpc) is 3.14. The Bertz CT molecular complexity index is 733. The molecule has 1 spiro atoms. The van der Waals surface area contributed by atoms with Crippen LogP contribution in [0.5, 0.6) is 0 Å². The van der Waals surface area contributed by atoms with Gasteiger partial charge in [-0.25, -0.2) is 4.98 Å². The monoisotopic (exact) mass is 325 g/mol. The smallest absolute Gasteiger partial charge is 0.223 e. The van der Waals surface area contributed by atoms with Gasteiger partial charge in [0.25, 0.3) is 0 Å². The van der Waals surface area contributed by atoms with Crippen LogP contribution in [-0.2, 0) is 11.8 Å². The first-order valence-electron chi connectivity index (χ1n) is 8.51. The number of anilines is 1. The highest BCUT2D eigenvalue weighted by Crippen LogP contribution is 2.48. The molecule has 0 radical (unpaired) electrons. The van der Waals surface area contributed by atoms with E-state index in [2.05, 4.69) is 27.2 Å². The molecule has 1 amide bonds. The Morgan fingerprint density at radius 1 is 1.21 bits per heavy atom. The zero-order chi connectivity index (χ0) is 16.7. The van der Waals surface area contributed by atoms with E-state index in [0.29, 0.717) is 6.42 Å². The van der Waals surface area contributed by atoms with E-state index in [-0.39, 0.29) is 17.4 Å². The topological polar surface area (TPSA) is 54.3 Å². The number of hydrogen-bond donors (Lipinski definition) is 0. The maximum absolute atomic E-state index is 12.5. The van der Waals surface area contributed by atoms with Crippen LogP contribution in [0, 0.1) is 0 Å². The highest BCUT2D eigenvalue weighted by atomic mass is 16.2. The summed E-state index contributed by atoms with van der Waals surface area (Å²) in [6.07, 6.45) is 8.33. The fourth-order valence-corrected chi connectivity index (χ4v) is 4.38. The largest absolute Gasteiger partial charge is 0.356 e. The van der Waals surface area contributed by atoms with E-state index in [1.165, 1.54) is 5.56 Å². The molecule has 24 heavy (non-hydrogen) atoms. The molecule has 4 rings (SSSR count). The Labute approximate surface area is 142 Å². The molecule has 2 aromatic rings. The number of amides is 1. The molecule has 2 saturated heterocycles. The molecule has 0 N–H and O–H groups in total. The molecule has 2 aliphatic rings. The Hall–Kier alpha value is -2.37. The van der Waals surface area contributed by atoms with E-state index in [0.717, 1.165) is 31.7 Å². The summed E-state index contributed by atoms with van der Waals surface area (Å²) in [5.74, 6) is 1.50. The van der Waals surface area contributed by atoms with Crippen LogP contribution in [0.2, 0.25) is 0 Å². The van der Waals surface area contributed by atoms with Crippen molar-refractivity contribution in [1.82, 2.24) is 19.7 Å². The van der Waals surface area contributed by atoms with Gasteiger partial charge in [0.1, 0.15) is 5.82 Å². The van der Waals surface area contributed by atoms with Gasteiger partial charge in [-0.15, -0.1) is 0 Å². The fourth-order valence-electron chi connectivity index (χ4n) is 4.38. The van der Waals surface area contributed by atoms with Gasteiger partial charge in [0.15, 0.2) is 0 Å². The number of carbonyl (C=O) groups is 1. The number of carbonyl (C=O) groups excluding carboxylic acids is 1. The van der Waals surface area contributed by atoms with Gasteiger partial charge in [-0.05, 0) is 30.5 Å². The van der Waals surface area contributed by atoms with Gasteiger partial charge < -0.3 is 9.80 Å². The van der Waals surface area contributed by atoms with Crippen molar-refractivity contribution in [2.75, 3.05) is 25.0 Å². The lowest BCUT2D eigenvalue weighted by atomic mass is 9.74. The second-order valence-corrected chi connectivity index (χ2v) is 6.94. The van der Waals surface area contributed by atoms with Gasteiger partial charge in [0.05, 0.1) is 11.7 Å². The molecular formula is C18H23N5O. The lowest BCUT2D eigenvalue weighted by Gasteiger charge is -2.46. The maximum atomic E-state index is 12.5. The number of aryl methyl sites for hydroxylation is 1. The number of aromatic nitrogens is 3. The van der Waals surface area contributed by atoms with Gasteiger partial charge in [0, 0.05) is 51.9 Å². The minimum absolute atomic E-state index is 0.0919. The van der Waals surface area contributed by atoms with E-state index in [9.17, 15) is 4.79 Å². The minimum Gasteiger partial charge on any atom is -0.356 e. The summed E-state index contributed by atoms with van der Waals surface area (Å²) in [5.41, 5.74) is 1.09. The molecule has 1 atom stereocenters. The van der Waals surface area contributed by atoms with Gasteiger partial charge in [-0.3, -0.25) is 9.48 Å². The quantitative estimate of drug-likeness (QED) is 0.845. The van der Waals surface area contributed by atoms with E-state index < -0.39 is 0 Å². The van der Waals surface area contributed by atoms with E-state index in [4.69, 9.17) is 0 Å². The van der Waals surface area contributed by atoms with Crippen molar-refractivity contribution >= 4 is 11.7 Å². The molecule has 1 unspecified atom stereocenters. The van der Waals surface area contributed by atoms with E-state index in [1.807, 2.05) is 48.2 Å². The first-order chi connectivity index (χ1) is 11.6. The van der Waals surface area contributed by atoms with Gasteiger partial charge in [0.2, 0.25) is 5.91 Å². The second-order valence-electron chi connectivity index (χ2n) is 6.94.